The van der Waals surface area contributed by atoms with Gasteiger partial charge in [0.05, 0.1) is 0 Å². The monoisotopic (exact) mass is 211 g/mol. The third-order valence-electron chi connectivity index (χ3n) is 2.49. The van der Waals surface area contributed by atoms with E-state index in [1.54, 1.807) is 0 Å². The zero-order chi connectivity index (χ0) is 10.7. The maximum absolute atomic E-state index is 10.5. The molecule has 1 atom stereocenters. The van der Waals surface area contributed by atoms with Crippen LogP contribution < -0.4 is 5.32 Å². The van der Waals surface area contributed by atoms with Gasteiger partial charge in [-0.3, -0.25) is 0 Å². The topological polar surface area (TPSA) is 88.2 Å². The SMILES string of the molecule is O=C(O)c1nc(CC2CCCCN2)no1. The molecular weight excluding hydrogens is 198 g/mol. The number of hydrogen-bond acceptors (Lipinski definition) is 5. The Kier molecular flexibility index (Phi) is 2.96. The Morgan fingerprint density at radius 1 is 1.60 bits per heavy atom. The molecule has 1 aromatic heterocycles. The van der Waals surface area contributed by atoms with E-state index in [0.717, 1.165) is 13.0 Å². The number of carbonyl (C=O) groups is 1. The van der Waals surface area contributed by atoms with E-state index in [-0.39, 0.29) is 5.89 Å². The molecule has 1 aliphatic heterocycles. The molecule has 6 heteroatoms. The zero-order valence-electron chi connectivity index (χ0n) is 8.27. The number of nitrogens with zero attached hydrogens (tertiary/aromatic N) is 2. The first-order valence-electron chi connectivity index (χ1n) is 5.05. The van der Waals surface area contributed by atoms with Crippen molar-refractivity contribution in [2.45, 2.75) is 31.7 Å². The lowest BCUT2D eigenvalue weighted by Gasteiger charge is -2.21. The highest BCUT2D eigenvalue weighted by atomic mass is 16.5. The maximum Gasteiger partial charge on any atom is 0.394 e. The minimum absolute atomic E-state index is 0.333. The number of piperidine rings is 1. The van der Waals surface area contributed by atoms with Crippen LogP contribution in [0.4, 0.5) is 0 Å². The quantitative estimate of drug-likeness (QED) is 0.754. The van der Waals surface area contributed by atoms with Gasteiger partial charge < -0.3 is 14.9 Å². The van der Waals surface area contributed by atoms with E-state index in [1.807, 2.05) is 0 Å². The van der Waals surface area contributed by atoms with E-state index in [4.69, 9.17) is 5.11 Å². The van der Waals surface area contributed by atoms with E-state index in [2.05, 4.69) is 20.0 Å². The first-order valence-corrected chi connectivity index (χ1v) is 5.05. The third kappa shape index (κ3) is 2.53. The largest absolute Gasteiger partial charge is 0.474 e. The highest BCUT2D eigenvalue weighted by Crippen LogP contribution is 2.11. The second-order valence-electron chi connectivity index (χ2n) is 3.67. The third-order valence-corrected chi connectivity index (χ3v) is 2.49. The second kappa shape index (κ2) is 4.39. The summed E-state index contributed by atoms with van der Waals surface area (Å²) in [7, 11) is 0. The fourth-order valence-corrected chi connectivity index (χ4v) is 1.74. The Morgan fingerprint density at radius 2 is 2.47 bits per heavy atom. The number of rotatable bonds is 3. The van der Waals surface area contributed by atoms with Crippen molar-refractivity contribution in [3.63, 3.8) is 0 Å². The molecule has 0 amide bonds. The fourth-order valence-electron chi connectivity index (χ4n) is 1.74. The molecule has 1 saturated heterocycles. The predicted octanol–water partition coefficient (Wildman–Crippen LogP) is 0.452. The maximum atomic E-state index is 10.5. The Morgan fingerprint density at radius 3 is 3.07 bits per heavy atom. The molecule has 0 bridgehead atoms. The lowest BCUT2D eigenvalue weighted by Crippen LogP contribution is -2.35. The lowest BCUT2D eigenvalue weighted by atomic mass is 10.0. The molecule has 6 nitrogen and oxygen atoms in total. The summed E-state index contributed by atoms with van der Waals surface area (Å²) < 4.78 is 4.58. The normalized spacial score (nSPS) is 21.5. The van der Waals surface area contributed by atoms with Gasteiger partial charge in [0.25, 0.3) is 0 Å². The summed E-state index contributed by atoms with van der Waals surface area (Å²) in [5.74, 6) is -1.04. The number of aromatic nitrogens is 2. The number of hydrogen-bond donors (Lipinski definition) is 2. The van der Waals surface area contributed by atoms with Crippen LogP contribution in [0.15, 0.2) is 4.52 Å². The van der Waals surface area contributed by atoms with E-state index < -0.39 is 5.97 Å². The molecule has 1 unspecified atom stereocenters. The molecule has 0 saturated carbocycles. The lowest BCUT2D eigenvalue weighted by molar-refractivity contribution is 0.0643. The van der Waals surface area contributed by atoms with E-state index in [0.29, 0.717) is 18.3 Å². The molecule has 0 radical (unpaired) electrons. The molecule has 1 aromatic rings. The molecule has 0 aromatic carbocycles. The van der Waals surface area contributed by atoms with Crippen molar-refractivity contribution in [3.8, 4) is 0 Å². The summed E-state index contributed by atoms with van der Waals surface area (Å²) in [5, 5.41) is 15.6. The molecule has 0 aliphatic carbocycles. The minimum atomic E-state index is -1.18. The summed E-state index contributed by atoms with van der Waals surface area (Å²) in [6.45, 7) is 1.01. The summed E-state index contributed by atoms with van der Waals surface area (Å²) in [4.78, 5) is 14.3. The van der Waals surface area contributed by atoms with Gasteiger partial charge in [0.15, 0.2) is 5.82 Å². The molecule has 1 aliphatic rings. The van der Waals surface area contributed by atoms with E-state index in [1.165, 1.54) is 12.8 Å². The summed E-state index contributed by atoms with van der Waals surface area (Å²) in [6.07, 6.45) is 4.11. The highest BCUT2D eigenvalue weighted by molar-refractivity contribution is 5.81. The standard InChI is InChI=1S/C9H13N3O3/c13-9(14)8-11-7(12-15-8)5-6-3-1-2-4-10-6/h6,10H,1-5H2,(H,13,14). The number of nitrogens with one attached hydrogen (secondary N) is 1. The number of aromatic carboxylic acids is 1. The molecule has 82 valence electrons. The van der Waals surface area contributed by atoms with Gasteiger partial charge in [-0.1, -0.05) is 11.6 Å². The first-order chi connectivity index (χ1) is 7.25. The highest BCUT2D eigenvalue weighted by Gasteiger charge is 2.18. The van der Waals surface area contributed by atoms with Crippen molar-refractivity contribution >= 4 is 5.97 Å². The molecular formula is C9H13N3O3. The smallest absolute Gasteiger partial charge is 0.394 e. The van der Waals surface area contributed by atoms with Gasteiger partial charge >= 0.3 is 11.9 Å². The minimum Gasteiger partial charge on any atom is -0.474 e. The van der Waals surface area contributed by atoms with Crippen LogP contribution in [0.5, 0.6) is 0 Å². The Balaban J connectivity index is 1.94. The van der Waals surface area contributed by atoms with E-state index >= 15 is 0 Å². The van der Waals surface area contributed by atoms with Crippen LogP contribution in [0.25, 0.3) is 0 Å². The van der Waals surface area contributed by atoms with Crippen molar-refractivity contribution in [2.75, 3.05) is 6.54 Å². The number of carboxylic acids is 1. The van der Waals surface area contributed by atoms with Crippen LogP contribution in [-0.2, 0) is 6.42 Å². The molecule has 15 heavy (non-hydrogen) atoms. The average Bonchev–Trinajstić information content (AvgIpc) is 2.68. The van der Waals surface area contributed by atoms with Gasteiger partial charge in [0.1, 0.15) is 0 Å². The van der Waals surface area contributed by atoms with Crippen LogP contribution in [0.3, 0.4) is 0 Å². The number of carboxylic acid groups (broad SMARTS) is 1. The summed E-state index contributed by atoms with van der Waals surface area (Å²) in [5.41, 5.74) is 0. The van der Waals surface area contributed by atoms with Crippen molar-refractivity contribution < 1.29 is 14.4 Å². The fraction of sp³-hybridized carbons (Fsp3) is 0.667. The van der Waals surface area contributed by atoms with Crippen LogP contribution in [-0.4, -0.2) is 33.8 Å². The van der Waals surface area contributed by atoms with Crippen LogP contribution >= 0.6 is 0 Å². The van der Waals surface area contributed by atoms with Crippen LogP contribution in [0.1, 0.15) is 35.8 Å². The Hall–Kier alpha value is -1.43. The first kappa shape index (κ1) is 10.1. The summed E-state index contributed by atoms with van der Waals surface area (Å²) in [6, 6.07) is 0.345. The average molecular weight is 211 g/mol. The van der Waals surface area contributed by atoms with Crippen LogP contribution in [0.2, 0.25) is 0 Å². The summed E-state index contributed by atoms with van der Waals surface area (Å²) >= 11 is 0. The van der Waals surface area contributed by atoms with Gasteiger partial charge in [-0.25, -0.2) is 4.79 Å². The molecule has 2 N–H and O–H groups in total. The van der Waals surface area contributed by atoms with Gasteiger partial charge in [0.2, 0.25) is 0 Å². The van der Waals surface area contributed by atoms with Crippen molar-refractivity contribution in [2.24, 2.45) is 0 Å². The van der Waals surface area contributed by atoms with Gasteiger partial charge in [0, 0.05) is 12.5 Å². The molecule has 2 rings (SSSR count). The van der Waals surface area contributed by atoms with Crippen molar-refractivity contribution in [1.29, 1.82) is 0 Å². The predicted molar refractivity (Wildman–Crippen MR) is 50.6 cm³/mol. The Labute approximate surface area is 86.7 Å². The zero-order valence-corrected chi connectivity index (χ0v) is 8.27. The molecule has 1 fully saturated rings. The van der Waals surface area contributed by atoms with Gasteiger partial charge in [-0.15, -0.1) is 0 Å². The van der Waals surface area contributed by atoms with Gasteiger partial charge in [-0.2, -0.15) is 4.98 Å². The van der Waals surface area contributed by atoms with E-state index in [9.17, 15) is 4.79 Å². The van der Waals surface area contributed by atoms with Gasteiger partial charge in [-0.05, 0) is 19.4 Å². The molecule has 0 spiro atoms. The van der Waals surface area contributed by atoms with Crippen LogP contribution in [0, 0.1) is 0 Å². The Bertz CT molecular complexity index is 344. The second-order valence-corrected chi connectivity index (χ2v) is 3.67. The van der Waals surface area contributed by atoms with Crippen molar-refractivity contribution in [3.05, 3.63) is 11.7 Å². The van der Waals surface area contributed by atoms with Crippen molar-refractivity contribution in [1.82, 2.24) is 15.5 Å². The molecule has 2 heterocycles.